The van der Waals surface area contributed by atoms with Crippen LogP contribution >= 0.6 is 21.6 Å². The molecule has 0 aliphatic carbocycles. The van der Waals surface area contributed by atoms with Crippen LogP contribution in [-0.2, 0) is 0 Å². The molecule has 0 radical (unpaired) electrons. The maximum atomic E-state index is 12.3. The first-order valence-electron chi connectivity index (χ1n) is 2.79. The molecule has 1 aromatic rings. The molecule has 0 aromatic heterocycles. The highest BCUT2D eigenvalue weighted by Gasteiger charge is 1.91. The van der Waals surface area contributed by atoms with Gasteiger partial charge in [-0.15, -0.1) is 0 Å². The first-order chi connectivity index (χ1) is 4.83. The summed E-state index contributed by atoms with van der Waals surface area (Å²) in [6.07, 6.45) is 1.99. The zero-order valence-corrected chi connectivity index (χ0v) is 7.14. The highest BCUT2D eigenvalue weighted by molar-refractivity contribution is 8.76. The van der Waals surface area contributed by atoms with Crippen molar-refractivity contribution < 1.29 is 4.39 Å². The zero-order chi connectivity index (χ0) is 7.40. The van der Waals surface area contributed by atoms with Gasteiger partial charge in [-0.25, -0.2) is 4.39 Å². The molecule has 0 bridgehead atoms. The van der Waals surface area contributed by atoms with Crippen LogP contribution in [0.5, 0.6) is 0 Å². The molecule has 0 aliphatic heterocycles. The van der Waals surface area contributed by atoms with Gasteiger partial charge in [-0.3, -0.25) is 0 Å². The maximum Gasteiger partial charge on any atom is 0.123 e. The molecular weight excluding hydrogens is 167 g/mol. The van der Waals surface area contributed by atoms with E-state index in [4.69, 9.17) is 0 Å². The smallest absolute Gasteiger partial charge is 0.123 e. The van der Waals surface area contributed by atoms with Crippen LogP contribution in [0.4, 0.5) is 4.39 Å². The van der Waals surface area contributed by atoms with Gasteiger partial charge in [0.25, 0.3) is 0 Å². The summed E-state index contributed by atoms with van der Waals surface area (Å²) in [5.41, 5.74) is 0. The minimum atomic E-state index is -0.176. The van der Waals surface area contributed by atoms with Crippen LogP contribution in [0.15, 0.2) is 29.2 Å². The monoisotopic (exact) mass is 174 g/mol. The molecule has 0 unspecified atom stereocenters. The van der Waals surface area contributed by atoms with Crippen molar-refractivity contribution in [1.82, 2.24) is 0 Å². The van der Waals surface area contributed by atoms with Gasteiger partial charge in [0, 0.05) is 4.90 Å². The maximum absolute atomic E-state index is 12.3. The summed E-state index contributed by atoms with van der Waals surface area (Å²) in [7, 11) is 3.29. The average Bonchev–Trinajstić information content (AvgIpc) is 1.95. The molecule has 0 nitrogen and oxygen atoms in total. The van der Waals surface area contributed by atoms with E-state index < -0.39 is 0 Å². The van der Waals surface area contributed by atoms with Gasteiger partial charge in [-0.05, 0) is 30.5 Å². The molecule has 1 rings (SSSR count). The lowest BCUT2D eigenvalue weighted by Crippen LogP contribution is -1.70. The Kier molecular flexibility index (Phi) is 3.09. The number of hydrogen-bond donors (Lipinski definition) is 0. The van der Waals surface area contributed by atoms with E-state index in [1.165, 1.54) is 12.1 Å². The Labute approximate surface area is 67.6 Å². The van der Waals surface area contributed by atoms with Crippen LogP contribution in [0.3, 0.4) is 0 Å². The summed E-state index contributed by atoms with van der Waals surface area (Å²) < 4.78 is 12.3. The van der Waals surface area contributed by atoms with Crippen molar-refractivity contribution in [3.05, 3.63) is 30.1 Å². The van der Waals surface area contributed by atoms with E-state index in [0.717, 1.165) is 4.90 Å². The van der Waals surface area contributed by atoms with Gasteiger partial charge in [0.2, 0.25) is 0 Å². The lowest BCUT2D eigenvalue weighted by molar-refractivity contribution is 0.626. The molecule has 10 heavy (non-hydrogen) atoms. The van der Waals surface area contributed by atoms with E-state index in [-0.39, 0.29) is 5.82 Å². The third kappa shape index (κ3) is 2.23. The van der Waals surface area contributed by atoms with Crippen molar-refractivity contribution in [2.75, 3.05) is 6.26 Å². The number of hydrogen-bond acceptors (Lipinski definition) is 2. The second-order valence-corrected chi connectivity index (χ2v) is 4.18. The van der Waals surface area contributed by atoms with Gasteiger partial charge in [-0.1, -0.05) is 21.6 Å². The Balaban J connectivity index is 2.69. The van der Waals surface area contributed by atoms with E-state index in [9.17, 15) is 4.39 Å². The molecule has 0 amide bonds. The SMILES string of the molecule is CSSc1ccc(F)cc1. The van der Waals surface area contributed by atoms with E-state index in [0.29, 0.717) is 0 Å². The van der Waals surface area contributed by atoms with Gasteiger partial charge in [0.1, 0.15) is 5.82 Å². The summed E-state index contributed by atoms with van der Waals surface area (Å²) >= 11 is 0. The second kappa shape index (κ2) is 3.88. The highest BCUT2D eigenvalue weighted by Crippen LogP contribution is 2.27. The molecule has 0 N–H and O–H groups in total. The highest BCUT2D eigenvalue weighted by atomic mass is 33.1. The van der Waals surface area contributed by atoms with Crippen molar-refractivity contribution in [3.63, 3.8) is 0 Å². The molecule has 0 spiro atoms. The molecule has 0 saturated heterocycles. The Morgan fingerprint density at radius 3 is 2.30 bits per heavy atom. The first-order valence-corrected chi connectivity index (χ1v) is 5.35. The summed E-state index contributed by atoms with van der Waals surface area (Å²) in [5, 5.41) is 0. The van der Waals surface area contributed by atoms with Crippen LogP contribution in [-0.4, -0.2) is 6.26 Å². The van der Waals surface area contributed by atoms with Crippen LogP contribution in [0.1, 0.15) is 0 Å². The molecule has 0 atom stereocenters. The molecule has 1 aromatic carbocycles. The summed E-state index contributed by atoms with van der Waals surface area (Å²) in [6.45, 7) is 0. The quantitative estimate of drug-likeness (QED) is 0.631. The molecule has 0 fully saturated rings. The van der Waals surface area contributed by atoms with Gasteiger partial charge < -0.3 is 0 Å². The van der Waals surface area contributed by atoms with E-state index in [1.807, 2.05) is 6.26 Å². The van der Waals surface area contributed by atoms with Gasteiger partial charge in [-0.2, -0.15) is 0 Å². The standard InChI is InChI=1S/C7H7FS2/c1-9-10-7-4-2-6(8)3-5-7/h2-5H,1H3. The molecule has 0 saturated carbocycles. The van der Waals surface area contributed by atoms with Gasteiger partial charge >= 0.3 is 0 Å². The summed E-state index contributed by atoms with van der Waals surface area (Å²) in [4.78, 5) is 1.09. The van der Waals surface area contributed by atoms with Crippen LogP contribution in [0, 0.1) is 5.82 Å². The Hall–Kier alpha value is -0.150. The van der Waals surface area contributed by atoms with Crippen molar-refractivity contribution in [3.8, 4) is 0 Å². The van der Waals surface area contributed by atoms with Crippen molar-refractivity contribution >= 4 is 21.6 Å². The molecule has 3 heteroatoms. The van der Waals surface area contributed by atoms with Crippen LogP contribution < -0.4 is 0 Å². The molecule has 0 aliphatic rings. The third-order valence-corrected chi connectivity index (χ3v) is 2.70. The second-order valence-electron chi connectivity index (χ2n) is 1.70. The minimum Gasteiger partial charge on any atom is -0.207 e. The van der Waals surface area contributed by atoms with Crippen molar-refractivity contribution in [1.29, 1.82) is 0 Å². The molecule has 54 valence electrons. The third-order valence-electron chi connectivity index (χ3n) is 0.993. The predicted octanol–water partition coefficient (Wildman–Crippen LogP) is 3.20. The van der Waals surface area contributed by atoms with Gasteiger partial charge in [0.05, 0.1) is 0 Å². The largest absolute Gasteiger partial charge is 0.207 e. The Bertz CT molecular complexity index is 195. The average molecular weight is 174 g/mol. The Morgan fingerprint density at radius 1 is 1.20 bits per heavy atom. The van der Waals surface area contributed by atoms with Crippen molar-refractivity contribution in [2.45, 2.75) is 4.90 Å². The lowest BCUT2D eigenvalue weighted by Gasteiger charge is -1.94. The lowest BCUT2D eigenvalue weighted by atomic mass is 10.4. The van der Waals surface area contributed by atoms with E-state index in [2.05, 4.69) is 0 Å². The fourth-order valence-corrected chi connectivity index (χ4v) is 1.94. The first kappa shape index (κ1) is 7.95. The topological polar surface area (TPSA) is 0 Å². The fourth-order valence-electron chi connectivity index (χ4n) is 0.586. The molecular formula is C7H7FS2. The van der Waals surface area contributed by atoms with Crippen LogP contribution in [0.2, 0.25) is 0 Å². The normalized spacial score (nSPS) is 9.80. The van der Waals surface area contributed by atoms with E-state index >= 15 is 0 Å². The molecule has 0 heterocycles. The van der Waals surface area contributed by atoms with Crippen LogP contribution in [0.25, 0.3) is 0 Å². The van der Waals surface area contributed by atoms with Gasteiger partial charge in [0.15, 0.2) is 0 Å². The summed E-state index contributed by atoms with van der Waals surface area (Å²) in [6, 6.07) is 6.49. The summed E-state index contributed by atoms with van der Waals surface area (Å²) in [5.74, 6) is -0.176. The van der Waals surface area contributed by atoms with Crippen molar-refractivity contribution in [2.24, 2.45) is 0 Å². The Morgan fingerprint density at radius 2 is 1.80 bits per heavy atom. The number of benzene rings is 1. The van der Waals surface area contributed by atoms with E-state index in [1.54, 1.807) is 33.7 Å². The minimum absolute atomic E-state index is 0.176. The zero-order valence-electron chi connectivity index (χ0n) is 5.50. The predicted molar refractivity (Wildman–Crippen MR) is 45.8 cm³/mol. The number of halogens is 1. The number of rotatable bonds is 2. The fraction of sp³-hybridized carbons (Fsp3) is 0.143.